The van der Waals surface area contributed by atoms with Crippen molar-refractivity contribution in [1.29, 1.82) is 0 Å². The van der Waals surface area contributed by atoms with Crippen LogP contribution in [0.1, 0.15) is 13.3 Å². The van der Waals surface area contributed by atoms with Crippen molar-refractivity contribution in [1.82, 2.24) is 10.3 Å². The van der Waals surface area contributed by atoms with Crippen LogP contribution in [0.4, 0.5) is 10.2 Å². The summed E-state index contributed by atoms with van der Waals surface area (Å²) in [5.41, 5.74) is 1.07. The van der Waals surface area contributed by atoms with E-state index in [1.54, 1.807) is 37.3 Å². The minimum Gasteiger partial charge on any atom is -0.490 e. The summed E-state index contributed by atoms with van der Waals surface area (Å²) in [5.74, 6) is 0.446. The Labute approximate surface area is 167 Å². The van der Waals surface area contributed by atoms with E-state index < -0.39 is 12.0 Å². The molecule has 0 aliphatic heterocycles. The fraction of sp³-hybridized carbons (Fsp3) is 0.190. The summed E-state index contributed by atoms with van der Waals surface area (Å²) in [6, 6.07) is 12.6. The number of anilines is 1. The summed E-state index contributed by atoms with van der Waals surface area (Å²) in [7, 11) is 0. The van der Waals surface area contributed by atoms with Gasteiger partial charge in [-0.25, -0.2) is 9.02 Å². The molecule has 3 aromatic rings. The van der Waals surface area contributed by atoms with E-state index in [-0.39, 0.29) is 11.6 Å². The lowest BCUT2D eigenvalue weighted by atomic mass is 10.1. The van der Waals surface area contributed by atoms with Crippen LogP contribution in [0.3, 0.4) is 0 Å². The van der Waals surface area contributed by atoms with Crippen molar-refractivity contribution < 1.29 is 23.3 Å². The number of ether oxygens (including phenoxy) is 2. The standard InChI is InChI=1S/C21H20FN3O4/c1-3-13-27-16-9-5-14(6-10-16)19-20(25-29-24-19)23-21(26)18(4-2)28-17-11-7-15(22)8-12-17/h3,5-12,18H,1,4,13H2,2H3,(H,23,25,26)/t18-/m1/s1. The number of aromatic nitrogens is 2. The molecule has 0 radical (unpaired) electrons. The lowest BCUT2D eigenvalue weighted by Gasteiger charge is -2.16. The Kier molecular flexibility index (Phi) is 6.57. The summed E-state index contributed by atoms with van der Waals surface area (Å²) < 4.78 is 28.9. The van der Waals surface area contributed by atoms with Crippen LogP contribution in [0, 0.1) is 5.82 Å². The molecule has 7 nitrogen and oxygen atoms in total. The first-order chi connectivity index (χ1) is 14.1. The highest BCUT2D eigenvalue weighted by molar-refractivity contribution is 5.96. The van der Waals surface area contributed by atoms with Gasteiger partial charge in [-0.05, 0) is 65.3 Å². The Balaban J connectivity index is 1.70. The van der Waals surface area contributed by atoms with Crippen molar-refractivity contribution in [2.24, 2.45) is 0 Å². The maximum Gasteiger partial charge on any atom is 0.266 e. The van der Waals surface area contributed by atoms with Crippen molar-refractivity contribution in [2.75, 3.05) is 11.9 Å². The predicted molar refractivity (Wildman–Crippen MR) is 105 cm³/mol. The highest BCUT2D eigenvalue weighted by Gasteiger charge is 2.22. The van der Waals surface area contributed by atoms with Gasteiger partial charge in [0.1, 0.15) is 23.9 Å². The molecule has 0 unspecified atom stereocenters. The highest BCUT2D eigenvalue weighted by Crippen LogP contribution is 2.27. The molecule has 8 heteroatoms. The van der Waals surface area contributed by atoms with Gasteiger partial charge in [0.2, 0.25) is 5.82 Å². The van der Waals surface area contributed by atoms with Crippen molar-refractivity contribution in [3.05, 3.63) is 67.0 Å². The molecule has 0 saturated carbocycles. The molecule has 0 spiro atoms. The average Bonchev–Trinajstić information content (AvgIpc) is 3.20. The number of halogens is 1. The molecule has 1 amide bonds. The van der Waals surface area contributed by atoms with E-state index in [0.717, 1.165) is 0 Å². The second-order valence-corrected chi connectivity index (χ2v) is 6.04. The molecule has 3 rings (SSSR count). The van der Waals surface area contributed by atoms with Crippen LogP contribution in [0.25, 0.3) is 11.3 Å². The van der Waals surface area contributed by atoms with E-state index in [4.69, 9.17) is 14.1 Å². The number of amides is 1. The molecule has 0 fully saturated rings. The van der Waals surface area contributed by atoms with Gasteiger partial charge in [0.05, 0.1) is 0 Å². The van der Waals surface area contributed by atoms with Crippen LogP contribution in [-0.2, 0) is 4.79 Å². The van der Waals surface area contributed by atoms with Crippen LogP contribution in [0.2, 0.25) is 0 Å². The number of hydrogen-bond acceptors (Lipinski definition) is 6. The third-order valence-corrected chi connectivity index (χ3v) is 3.98. The predicted octanol–water partition coefficient (Wildman–Crippen LogP) is 4.24. The maximum atomic E-state index is 13.0. The van der Waals surface area contributed by atoms with Gasteiger partial charge in [-0.3, -0.25) is 4.79 Å². The zero-order valence-electron chi connectivity index (χ0n) is 15.8. The van der Waals surface area contributed by atoms with E-state index >= 15 is 0 Å². The average molecular weight is 397 g/mol. The Bertz CT molecular complexity index is 955. The first-order valence-corrected chi connectivity index (χ1v) is 9.00. The fourth-order valence-electron chi connectivity index (χ4n) is 2.52. The molecule has 2 aromatic carbocycles. The molecule has 150 valence electrons. The Morgan fingerprint density at radius 2 is 1.86 bits per heavy atom. The van der Waals surface area contributed by atoms with Gasteiger partial charge in [0, 0.05) is 5.56 Å². The van der Waals surface area contributed by atoms with Gasteiger partial charge in [-0.15, -0.1) is 0 Å². The molecular weight excluding hydrogens is 377 g/mol. The first-order valence-electron chi connectivity index (χ1n) is 9.00. The highest BCUT2D eigenvalue weighted by atomic mass is 19.1. The van der Waals surface area contributed by atoms with Gasteiger partial charge in [0.15, 0.2) is 11.8 Å². The molecule has 1 atom stereocenters. The topological polar surface area (TPSA) is 86.5 Å². The minimum absolute atomic E-state index is 0.177. The Morgan fingerprint density at radius 3 is 2.52 bits per heavy atom. The number of hydrogen-bond donors (Lipinski definition) is 1. The van der Waals surface area contributed by atoms with Gasteiger partial charge in [0.25, 0.3) is 5.91 Å². The lowest BCUT2D eigenvalue weighted by molar-refractivity contribution is -0.122. The summed E-state index contributed by atoms with van der Waals surface area (Å²) in [5, 5.41) is 10.3. The van der Waals surface area contributed by atoms with E-state index in [1.165, 1.54) is 24.3 Å². The van der Waals surface area contributed by atoms with E-state index in [9.17, 15) is 9.18 Å². The minimum atomic E-state index is -0.792. The molecule has 0 aliphatic carbocycles. The van der Waals surface area contributed by atoms with Gasteiger partial charge < -0.3 is 14.8 Å². The number of rotatable bonds is 9. The lowest BCUT2D eigenvalue weighted by Crippen LogP contribution is -2.32. The third kappa shape index (κ3) is 5.19. The van der Waals surface area contributed by atoms with Crippen LogP contribution < -0.4 is 14.8 Å². The van der Waals surface area contributed by atoms with Crippen LogP contribution in [0.5, 0.6) is 11.5 Å². The van der Waals surface area contributed by atoms with Crippen LogP contribution in [0.15, 0.2) is 65.8 Å². The quantitative estimate of drug-likeness (QED) is 0.544. The Morgan fingerprint density at radius 1 is 1.17 bits per heavy atom. The molecule has 1 heterocycles. The molecule has 0 saturated heterocycles. The summed E-state index contributed by atoms with van der Waals surface area (Å²) in [6.45, 7) is 5.81. The van der Waals surface area contributed by atoms with E-state index in [2.05, 4.69) is 22.2 Å². The van der Waals surface area contributed by atoms with Crippen LogP contribution >= 0.6 is 0 Å². The van der Waals surface area contributed by atoms with Gasteiger partial charge >= 0.3 is 0 Å². The third-order valence-electron chi connectivity index (χ3n) is 3.98. The van der Waals surface area contributed by atoms with Gasteiger partial charge in [-0.2, -0.15) is 0 Å². The van der Waals surface area contributed by atoms with Crippen molar-refractivity contribution in [2.45, 2.75) is 19.4 Å². The second kappa shape index (κ2) is 9.50. The number of carbonyl (C=O) groups is 1. The fourth-order valence-corrected chi connectivity index (χ4v) is 2.52. The molecule has 29 heavy (non-hydrogen) atoms. The second-order valence-electron chi connectivity index (χ2n) is 6.04. The van der Waals surface area contributed by atoms with Crippen LogP contribution in [-0.4, -0.2) is 28.9 Å². The number of nitrogens with zero attached hydrogens (tertiary/aromatic N) is 2. The number of carbonyl (C=O) groups excluding carboxylic acids is 1. The Hall–Kier alpha value is -3.68. The molecule has 0 aliphatic rings. The number of benzene rings is 2. The summed E-state index contributed by atoms with van der Waals surface area (Å²) in [4.78, 5) is 12.6. The zero-order valence-corrected chi connectivity index (χ0v) is 15.8. The molecular formula is C21H20FN3O4. The van der Waals surface area contributed by atoms with Crippen molar-refractivity contribution >= 4 is 11.7 Å². The van der Waals surface area contributed by atoms with Crippen molar-refractivity contribution in [3.8, 4) is 22.8 Å². The smallest absolute Gasteiger partial charge is 0.266 e. The summed E-state index contributed by atoms with van der Waals surface area (Å²) in [6.07, 6.45) is 1.26. The van der Waals surface area contributed by atoms with E-state index in [1.807, 2.05) is 0 Å². The maximum absolute atomic E-state index is 13.0. The van der Waals surface area contributed by atoms with Crippen molar-refractivity contribution in [3.63, 3.8) is 0 Å². The molecule has 1 aromatic heterocycles. The number of nitrogens with one attached hydrogen (secondary N) is 1. The molecule has 0 bridgehead atoms. The molecule has 1 N–H and O–H groups in total. The van der Waals surface area contributed by atoms with Gasteiger partial charge in [-0.1, -0.05) is 19.6 Å². The normalized spacial score (nSPS) is 11.5. The zero-order chi connectivity index (χ0) is 20.6. The largest absolute Gasteiger partial charge is 0.490 e. The monoisotopic (exact) mass is 397 g/mol. The first kappa shape index (κ1) is 20.1. The van der Waals surface area contributed by atoms with E-state index in [0.29, 0.717) is 35.8 Å². The SMILES string of the molecule is C=CCOc1ccc(-c2nonc2NC(=O)[C@@H](CC)Oc2ccc(F)cc2)cc1. The summed E-state index contributed by atoms with van der Waals surface area (Å²) >= 11 is 0.